The summed E-state index contributed by atoms with van der Waals surface area (Å²) in [4.78, 5) is 17.9. The molecule has 8 heteroatoms. The molecular formula is C26H27BrF2N2O3. The van der Waals surface area contributed by atoms with E-state index in [4.69, 9.17) is 4.74 Å². The third kappa shape index (κ3) is 7.00. The van der Waals surface area contributed by atoms with Gasteiger partial charge in [0.1, 0.15) is 11.6 Å². The molecule has 0 saturated carbocycles. The molecule has 34 heavy (non-hydrogen) atoms. The van der Waals surface area contributed by atoms with Crippen LogP contribution in [0.1, 0.15) is 37.5 Å². The van der Waals surface area contributed by atoms with Crippen molar-refractivity contribution in [2.24, 2.45) is 0 Å². The van der Waals surface area contributed by atoms with Crippen LogP contribution < -0.4 is 9.64 Å². The Morgan fingerprint density at radius 2 is 1.62 bits per heavy atom. The first kappa shape index (κ1) is 25.6. The normalized spacial score (nSPS) is 11.8. The van der Waals surface area contributed by atoms with E-state index in [0.29, 0.717) is 25.3 Å². The van der Waals surface area contributed by atoms with Gasteiger partial charge in [0.05, 0.1) is 0 Å². The van der Waals surface area contributed by atoms with Gasteiger partial charge in [0.15, 0.2) is 5.60 Å². The highest BCUT2D eigenvalue weighted by atomic mass is 79.9. The third-order valence-corrected chi connectivity index (χ3v) is 5.82. The van der Waals surface area contributed by atoms with Crippen LogP contribution in [0, 0.1) is 0 Å². The highest BCUT2D eigenvalue weighted by Gasteiger charge is 2.29. The van der Waals surface area contributed by atoms with Gasteiger partial charge in [0.2, 0.25) is 0 Å². The number of nitrogens with zero attached hydrogens (tertiary/aromatic N) is 2. The fourth-order valence-electron chi connectivity index (χ4n) is 3.28. The molecular weight excluding hydrogens is 506 g/mol. The number of ether oxygens (including phenoxy) is 1. The number of carboxylic acid groups (broad SMARTS) is 1. The van der Waals surface area contributed by atoms with Crippen molar-refractivity contribution in [3.63, 3.8) is 0 Å². The van der Waals surface area contributed by atoms with Crippen molar-refractivity contribution in [2.45, 2.75) is 45.3 Å². The molecule has 1 N–H and O–H groups in total. The maximum Gasteiger partial charge on any atom is 0.347 e. The molecule has 3 rings (SSSR count). The number of hydrogen-bond acceptors (Lipinski definition) is 4. The molecule has 1 aromatic heterocycles. The van der Waals surface area contributed by atoms with E-state index in [9.17, 15) is 18.7 Å². The van der Waals surface area contributed by atoms with Gasteiger partial charge >= 0.3 is 5.97 Å². The van der Waals surface area contributed by atoms with E-state index >= 15 is 0 Å². The van der Waals surface area contributed by atoms with Crippen LogP contribution >= 0.6 is 15.9 Å². The molecule has 0 aliphatic carbocycles. The number of hydrogen-bond donors (Lipinski definition) is 1. The molecule has 2 aromatic carbocycles. The lowest BCUT2D eigenvalue weighted by Gasteiger charge is -2.25. The number of aliphatic carboxylic acids is 1. The minimum Gasteiger partial charge on any atom is -0.478 e. The van der Waals surface area contributed by atoms with E-state index in [1.54, 1.807) is 30.5 Å². The summed E-state index contributed by atoms with van der Waals surface area (Å²) in [6, 6.07) is 17.5. The number of anilines is 1. The summed E-state index contributed by atoms with van der Waals surface area (Å²) in [5, 5.41) is 9.23. The largest absolute Gasteiger partial charge is 0.478 e. The lowest BCUT2D eigenvalue weighted by atomic mass is 10.1. The Kier molecular flexibility index (Phi) is 7.92. The molecule has 3 aromatic rings. The van der Waals surface area contributed by atoms with Crippen LogP contribution in [-0.2, 0) is 23.7 Å². The van der Waals surface area contributed by atoms with Crippen LogP contribution in [0.15, 0.2) is 71.3 Å². The predicted octanol–water partition coefficient (Wildman–Crippen LogP) is 6.45. The van der Waals surface area contributed by atoms with E-state index in [1.807, 2.05) is 24.3 Å². The lowest BCUT2D eigenvalue weighted by molar-refractivity contribution is -0.152. The molecule has 0 bridgehead atoms. The van der Waals surface area contributed by atoms with Crippen LogP contribution in [0.3, 0.4) is 0 Å². The first-order valence-electron chi connectivity index (χ1n) is 10.8. The topological polar surface area (TPSA) is 62.7 Å². The second kappa shape index (κ2) is 10.5. The zero-order chi connectivity index (χ0) is 24.9. The van der Waals surface area contributed by atoms with Gasteiger partial charge in [-0.1, -0.05) is 36.4 Å². The van der Waals surface area contributed by atoms with Gasteiger partial charge in [0.25, 0.3) is 5.92 Å². The molecule has 0 amide bonds. The van der Waals surface area contributed by atoms with Crippen molar-refractivity contribution >= 4 is 27.7 Å². The van der Waals surface area contributed by atoms with Crippen LogP contribution in [0.2, 0.25) is 0 Å². The molecule has 0 atom stereocenters. The maximum absolute atomic E-state index is 13.6. The SMILES string of the molecule is CC(C)(Oc1ccc(CCN(Cc2ccc(C(C)(F)F)cc2)c2ccc(Br)cn2)cc1)C(=O)O. The second-order valence-electron chi connectivity index (χ2n) is 8.65. The van der Waals surface area contributed by atoms with Crippen molar-refractivity contribution in [1.82, 2.24) is 4.98 Å². The monoisotopic (exact) mass is 532 g/mol. The minimum atomic E-state index is -2.87. The van der Waals surface area contributed by atoms with Gasteiger partial charge in [-0.25, -0.2) is 18.6 Å². The van der Waals surface area contributed by atoms with E-state index in [-0.39, 0.29) is 5.56 Å². The Morgan fingerprint density at radius 1 is 1.00 bits per heavy atom. The fourth-order valence-corrected chi connectivity index (χ4v) is 3.51. The Labute approximate surface area is 206 Å². The summed E-state index contributed by atoms with van der Waals surface area (Å²) in [5.74, 6) is -2.65. The van der Waals surface area contributed by atoms with Crippen LogP contribution in [0.4, 0.5) is 14.6 Å². The Morgan fingerprint density at radius 3 is 2.15 bits per heavy atom. The van der Waals surface area contributed by atoms with Crippen molar-refractivity contribution in [3.8, 4) is 5.75 Å². The van der Waals surface area contributed by atoms with Gasteiger partial charge in [-0.2, -0.15) is 0 Å². The Bertz CT molecular complexity index is 1100. The zero-order valence-corrected chi connectivity index (χ0v) is 20.9. The second-order valence-corrected chi connectivity index (χ2v) is 9.57. The quantitative estimate of drug-likeness (QED) is 0.325. The first-order valence-corrected chi connectivity index (χ1v) is 11.6. The highest BCUT2D eigenvalue weighted by molar-refractivity contribution is 9.10. The molecule has 0 unspecified atom stereocenters. The molecule has 0 saturated heterocycles. The third-order valence-electron chi connectivity index (χ3n) is 5.35. The number of carbonyl (C=O) groups is 1. The van der Waals surface area contributed by atoms with Gasteiger partial charge in [-0.15, -0.1) is 0 Å². The Hall–Kier alpha value is -3.00. The fraction of sp³-hybridized carbons (Fsp3) is 0.308. The number of alkyl halides is 2. The molecule has 180 valence electrons. The summed E-state index contributed by atoms with van der Waals surface area (Å²) < 4.78 is 33.5. The first-order chi connectivity index (χ1) is 15.9. The number of carboxylic acids is 1. The molecule has 0 aliphatic heterocycles. The number of halogens is 3. The molecule has 0 radical (unpaired) electrons. The van der Waals surface area contributed by atoms with E-state index in [1.165, 1.54) is 26.0 Å². The average Bonchev–Trinajstić information content (AvgIpc) is 2.77. The van der Waals surface area contributed by atoms with Gasteiger partial charge in [0, 0.05) is 36.2 Å². The van der Waals surface area contributed by atoms with E-state index in [0.717, 1.165) is 28.3 Å². The molecule has 5 nitrogen and oxygen atoms in total. The summed E-state index contributed by atoms with van der Waals surface area (Å²) in [6.07, 6.45) is 2.42. The number of aromatic nitrogens is 1. The number of benzene rings is 2. The molecule has 0 spiro atoms. The lowest BCUT2D eigenvalue weighted by Crippen LogP contribution is -2.37. The van der Waals surface area contributed by atoms with E-state index < -0.39 is 17.5 Å². The summed E-state index contributed by atoms with van der Waals surface area (Å²) in [6.45, 7) is 5.04. The molecule has 1 heterocycles. The van der Waals surface area contributed by atoms with Gasteiger partial charge in [-0.05, 0) is 71.6 Å². The highest BCUT2D eigenvalue weighted by Crippen LogP contribution is 2.27. The van der Waals surface area contributed by atoms with Crippen molar-refractivity contribution < 1.29 is 23.4 Å². The zero-order valence-electron chi connectivity index (χ0n) is 19.3. The van der Waals surface area contributed by atoms with E-state index in [2.05, 4.69) is 25.8 Å². The summed E-state index contributed by atoms with van der Waals surface area (Å²) >= 11 is 3.40. The predicted molar refractivity (Wildman–Crippen MR) is 131 cm³/mol. The van der Waals surface area contributed by atoms with Crippen LogP contribution in [0.25, 0.3) is 0 Å². The summed E-state index contributed by atoms with van der Waals surface area (Å²) in [5.41, 5.74) is 0.613. The number of pyridine rings is 1. The van der Waals surface area contributed by atoms with Crippen molar-refractivity contribution in [2.75, 3.05) is 11.4 Å². The smallest absolute Gasteiger partial charge is 0.347 e. The average molecular weight is 533 g/mol. The molecule has 0 fully saturated rings. The minimum absolute atomic E-state index is 0.0158. The van der Waals surface area contributed by atoms with Gasteiger partial charge in [-0.3, -0.25) is 0 Å². The molecule has 0 aliphatic rings. The maximum atomic E-state index is 13.6. The van der Waals surface area contributed by atoms with Crippen LogP contribution in [-0.4, -0.2) is 28.2 Å². The van der Waals surface area contributed by atoms with Crippen LogP contribution in [0.5, 0.6) is 5.75 Å². The van der Waals surface area contributed by atoms with Crippen molar-refractivity contribution in [3.05, 3.63) is 88.0 Å². The number of rotatable bonds is 10. The van der Waals surface area contributed by atoms with Gasteiger partial charge < -0.3 is 14.7 Å². The standard InChI is InChI=1S/C26H27BrF2N2O3/c1-25(2,24(32)33)34-22-11-6-18(7-12-22)14-15-31(23-13-10-21(27)16-30-23)17-19-4-8-20(9-5-19)26(3,28)29/h4-13,16H,14-15,17H2,1-3H3,(H,32,33). The van der Waals surface area contributed by atoms with Crippen molar-refractivity contribution in [1.29, 1.82) is 0 Å². The summed E-state index contributed by atoms with van der Waals surface area (Å²) in [7, 11) is 0. The Balaban J connectivity index is 1.72.